The molecule has 2 aliphatic rings. The Balaban J connectivity index is 1.30. The van der Waals surface area contributed by atoms with Gasteiger partial charge in [0.15, 0.2) is 5.82 Å². The van der Waals surface area contributed by atoms with E-state index >= 15 is 0 Å². The fourth-order valence-corrected chi connectivity index (χ4v) is 5.76. The minimum atomic E-state index is -0.443. The van der Waals surface area contributed by atoms with Gasteiger partial charge in [-0.3, -0.25) is 4.79 Å². The molecule has 0 aliphatic carbocycles. The molecule has 3 atom stereocenters. The molecule has 2 aromatic carbocycles. The zero-order chi connectivity index (χ0) is 21.6. The van der Waals surface area contributed by atoms with Gasteiger partial charge in [-0.15, -0.1) is 16.9 Å². The van der Waals surface area contributed by atoms with Gasteiger partial charge in [-0.2, -0.15) is 0 Å². The molecule has 1 aromatic heterocycles. The zero-order valence-electron chi connectivity index (χ0n) is 17.4. The number of β-lactam (4-membered cyclic amide) rings is 1. The standard InChI is InChI=1S/C22H24N6O2S/c1-22(2)18(28-20(29)17(23)21(28)31-22)19-24-25-26-27(19)12-14-8-10-16(11-9-14)30-13-15-6-4-3-5-7-15/h3-11,17-18,21H,12-13,23H2,1-2H3. The molecule has 1 amide bonds. The number of nitrogens with two attached hydrogens (primary N) is 1. The van der Waals surface area contributed by atoms with Crippen LogP contribution in [0.4, 0.5) is 0 Å². The van der Waals surface area contributed by atoms with Gasteiger partial charge in [-0.25, -0.2) is 4.68 Å². The first-order valence-corrected chi connectivity index (χ1v) is 11.1. The first-order valence-electron chi connectivity index (χ1n) is 10.2. The van der Waals surface area contributed by atoms with Crippen molar-refractivity contribution < 1.29 is 9.53 Å². The number of benzene rings is 2. The van der Waals surface area contributed by atoms with Gasteiger partial charge in [-0.1, -0.05) is 42.5 Å². The van der Waals surface area contributed by atoms with E-state index in [4.69, 9.17) is 10.5 Å². The molecular formula is C22H24N6O2S. The third-order valence-corrected chi connectivity index (χ3v) is 7.38. The molecule has 0 bridgehead atoms. The average Bonchev–Trinajstić information content (AvgIpc) is 3.32. The molecule has 2 N–H and O–H groups in total. The van der Waals surface area contributed by atoms with Crippen LogP contribution in [0.2, 0.25) is 0 Å². The van der Waals surface area contributed by atoms with Crippen molar-refractivity contribution in [3.63, 3.8) is 0 Å². The molecule has 0 radical (unpaired) electrons. The van der Waals surface area contributed by atoms with Crippen LogP contribution in [0.1, 0.15) is 36.8 Å². The summed E-state index contributed by atoms with van der Waals surface area (Å²) in [6, 6.07) is 17.3. The normalized spacial score (nSPS) is 24.0. The second-order valence-electron chi connectivity index (χ2n) is 8.40. The Morgan fingerprint density at radius 2 is 1.84 bits per heavy atom. The third kappa shape index (κ3) is 3.57. The molecule has 31 heavy (non-hydrogen) atoms. The van der Waals surface area contributed by atoms with E-state index in [1.165, 1.54) is 0 Å². The van der Waals surface area contributed by atoms with Crippen LogP contribution >= 0.6 is 11.8 Å². The van der Waals surface area contributed by atoms with Gasteiger partial charge in [0.2, 0.25) is 5.91 Å². The summed E-state index contributed by atoms with van der Waals surface area (Å²) in [5.41, 5.74) is 8.17. The van der Waals surface area contributed by atoms with E-state index in [0.29, 0.717) is 19.0 Å². The number of rotatable bonds is 6. The predicted molar refractivity (Wildman–Crippen MR) is 117 cm³/mol. The maximum Gasteiger partial charge on any atom is 0.244 e. The van der Waals surface area contributed by atoms with Crippen LogP contribution < -0.4 is 10.5 Å². The second-order valence-corrected chi connectivity index (χ2v) is 10.2. The van der Waals surface area contributed by atoms with Crippen LogP contribution in [-0.4, -0.2) is 47.2 Å². The number of thioether (sulfide) groups is 1. The van der Waals surface area contributed by atoms with E-state index in [0.717, 1.165) is 16.9 Å². The van der Waals surface area contributed by atoms with Crippen LogP contribution in [0.25, 0.3) is 0 Å². The fourth-order valence-electron chi connectivity index (χ4n) is 4.19. The first kappa shape index (κ1) is 20.0. The van der Waals surface area contributed by atoms with Crippen LogP contribution in [-0.2, 0) is 17.9 Å². The van der Waals surface area contributed by atoms with Crippen molar-refractivity contribution in [1.29, 1.82) is 0 Å². The fraction of sp³-hybridized carbons (Fsp3) is 0.364. The number of fused-ring (bicyclic) bond motifs is 1. The Morgan fingerprint density at radius 1 is 1.10 bits per heavy atom. The van der Waals surface area contributed by atoms with E-state index in [-0.39, 0.29) is 22.1 Å². The number of tetrazole rings is 1. The van der Waals surface area contributed by atoms with Gasteiger partial charge in [0.25, 0.3) is 0 Å². The second kappa shape index (κ2) is 7.65. The van der Waals surface area contributed by atoms with Crippen molar-refractivity contribution in [2.75, 3.05) is 0 Å². The van der Waals surface area contributed by atoms with Gasteiger partial charge in [0.1, 0.15) is 29.8 Å². The molecule has 160 valence electrons. The molecule has 0 saturated carbocycles. The van der Waals surface area contributed by atoms with Crippen LogP contribution in [0.3, 0.4) is 0 Å². The summed E-state index contributed by atoms with van der Waals surface area (Å²) in [7, 11) is 0. The van der Waals surface area contributed by atoms with Crippen molar-refractivity contribution in [3.05, 3.63) is 71.5 Å². The van der Waals surface area contributed by atoms with Crippen LogP contribution in [0.5, 0.6) is 5.75 Å². The lowest BCUT2D eigenvalue weighted by atomic mass is 9.95. The molecule has 5 rings (SSSR count). The maximum absolute atomic E-state index is 12.4. The number of amides is 1. The smallest absolute Gasteiger partial charge is 0.244 e. The Labute approximate surface area is 184 Å². The Hall–Kier alpha value is -2.91. The minimum absolute atomic E-state index is 0.0151. The highest BCUT2D eigenvalue weighted by Crippen LogP contribution is 2.56. The largest absolute Gasteiger partial charge is 0.489 e. The molecule has 2 aliphatic heterocycles. The highest BCUT2D eigenvalue weighted by atomic mass is 32.2. The molecule has 3 aromatic rings. The topological polar surface area (TPSA) is 99.2 Å². The number of carbonyl (C=O) groups is 1. The third-order valence-electron chi connectivity index (χ3n) is 5.79. The summed E-state index contributed by atoms with van der Waals surface area (Å²) in [5, 5.41) is 12.4. The number of ether oxygens (including phenoxy) is 1. The molecular weight excluding hydrogens is 412 g/mol. The van der Waals surface area contributed by atoms with Gasteiger partial charge in [0, 0.05) is 4.75 Å². The molecule has 2 fully saturated rings. The van der Waals surface area contributed by atoms with E-state index < -0.39 is 6.04 Å². The van der Waals surface area contributed by atoms with Crippen molar-refractivity contribution in [1.82, 2.24) is 25.1 Å². The number of hydrogen-bond donors (Lipinski definition) is 1. The van der Waals surface area contributed by atoms with E-state index in [1.807, 2.05) is 59.5 Å². The molecule has 0 spiro atoms. The Morgan fingerprint density at radius 3 is 2.58 bits per heavy atom. The Kier molecular flexibility index (Phi) is 4.94. The summed E-state index contributed by atoms with van der Waals surface area (Å²) in [6.45, 7) is 5.26. The number of nitrogens with zero attached hydrogens (tertiary/aromatic N) is 5. The van der Waals surface area contributed by atoms with Gasteiger partial charge >= 0.3 is 0 Å². The Bertz CT molecular complexity index is 1080. The van der Waals surface area contributed by atoms with Crippen molar-refractivity contribution >= 4 is 17.7 Å². The van der Waals surface area contributed by atoms with E-state index in [9.17, 15) is 4.79 Å². The van der Waals surface area contributed by atoms with Crippen molar-refractivity contribution in [3.8, 4) is 5.75 Å². The summed E-state index contributed by atoms with van der Waals surface area (Å²) in [6.07, 6.45) is 0. The van der Waals surface area contributed by atoms with Gasteiger partial charge in [-0.05, 0) is 47.5 Å². The molecule has 9 heteroatoms. The lowest BCUT2D eigenvalue weighted by Crippen LogP contribution is -2.65. The molecule has 2 saturated heterocycles. The van der Waals surface area contributed by atoms with Crippen molar-refractivity contribution in [2.45, 2.75) is 49.2 Å². The zero-order valence-corrected chi connectivity index (χ0v) is 18.2. The summed E-state index contributed by atoms with van der Waals surface area (Å²) >= 11 is 1.71. The summed E-state index contributed by atoms with van der Waals surface area (Å²) in [5.74, 6) is 1.45. The number of hydrogen-bond acceptors (Lipinski definition) is 7. The lowest BCUT2D eigenvalue weighted by Gasteiger charge is -2.42. The maximum atomic E-state index is 12.4. The van der Waals surface area contributed by atoms with E-state index in [1.54, 1.807) is 16.4 Å². The highest BCUT2D eigenvalue weighted by molar-refractivity contribution is 8.01. The predicted octanol–water partition coefficient (Wildman–Crippen LogP) is 2.36. The number of carbonyl (C=O) groups excluding carboxylic acids is 1. The monoisotopic (exact) mass is 436 g/mol. The van der Waals surface area contributed by atoms with E-state index in [2.05, 4.69) is 29.4 Å². The van der Waals surface area contributed by atoms with Gasteiger partial charge in [0.05, 0.1) is 6.54 Å². The summed E-state index contributed by atoms with van der Waals surface area (Å²) in [4.78, 5) is 14.2. The average molecular weight is 437 g/mol. The SMILES string of the molecule is CC1(C)SC2C(N)C(=O)N2C1c1nnnn1Cc1ccc(OCc2ccccc2)cc1. The molecule has 8 nitrogen and oxygen atoms in total. The van der Waals surface area contributed by atoms with Gasteiger partial charge < -0.3 is 15.4 Å². The quantitative estimate of drug-likeness (QED) is 0.592. The minimum Gasteiger partial charge on any atom is -0.489 e. The first-order chi connectivity index (χ1) is 14.9. The molecule has 3 unspecified atom stereocenters. The lowest BCUT2D eigenvalue weighted by molar-refractivity contribution is -0.147. The number of aromatic nitrogens is 4. The van der Waals surface area contributed by atoms with Crippen LogP contribution in [0, 0.1) is 0 Å². The van der Waals surface area contributed by atoms with Crippen molar-refractivity contribution in [2.24, 2.45) is 5.73 Å². The highest BCUT2D eigenvalue weighted by Gasteiger charge is 2.62. The molecule has 3 heterocycles. The van der Waals surface area contributed by atoms with Crippen LogP contribution in [0.15, 0.2) is 54.6 Å². The summed E-state index contributed by atoms with van der Waals surface area (Å²) < 4.78 is 7.41.